The van der Waals surface area contributed by atoms with Crippen LogP contribution in [0, 0.1) is 11.8 Å². The quantitative estimate of drug-likeness (QED) is 0.869. The van der Waals surface area contributed by atoms with Crippen molar-refractivity contribution in [1.29, 1.82) is 0 Å². The molecule has 0 amide bonds. The van der Waals surface area contributed by atoms with Crippen LogP contribution in [0.2, 0.25) is 0 Å². The minimum absolute atomic E-state index is 0.627. The van der Waals surface area contributed by atoms with E-state index < -0.39 is 0 Å². The van der Waals surface area contributed by atoms with Crippen molar-refractivity contribution >= 4 is 15.9 Å². The first-order valence-corrected chi connectivity index (χ1v) is 7.90. The van der Waals surface area contributed by atoms with Crippen LogP contribution in [0.25, 0.3) is 0 Å². The Morgan fingerprint density at radius 1 is 1.39 bits per heavy atom. The number of likely N-dealkylation sites (N-methyl/N-ethyl adjacent to an activating group) is 1. The van der Waals surface area contributed by atoms with Crippen molar-refractivity contribution in [3.63, 3.8) is 0 Å². The van der Waals surface area contributed by atoms with E-state index in [1.165, 1.54) is 35.7 Å². The molecule has 100 valence electrons. The molecule has 1 aromatic carbocycles. The van der Waals surface area contributed by atoms with Crippen LogP contribution in [0.5, 0.6) is 0 Å². The third kappa shape index (κ3) is 3.83. The molecule has 1 aliphatic carbocycles. The Balaban J connectivity index is 2.00. The van der Waals surface area contributed by atoms with E-state index in [-0.39, 0.29) is 0 Å². The van der Waals surface area contributed by atoms with Crippen molar-refractivity contribution in [2.45, 2.75) is 45.1 Å². The molecule has 0 heterocycles. The summed E-state index contributed by atoms with van der Waals surface area (Å²) in [5.41, 5.74) is 1.43. The maximum absolute atomic E-state index is 3.56. The number of nitrogens with one attached hydrogen (secondary N) is 1. The lowest BCUT2D eigenvalue weighted by Crippen LogP contribution is -2.37. The molecule has 3 unspecified atom stereocenters. The van der Waals surface area contributed by atoms with Gasteiger partial charge in [0.2, 0.25) is 0 Å². The van der Waals surface area contributed by atoms with Gasteiger partial charge in [-0.2, -0.15) is 0 Å². The Labute approximate surface area is 119 Å². The molecule has 0 bridgehead atoms. The molecule has 1 nitrogen and oxygen atoms in total. The summed E-state index contributed by atoms with van der Waals surface area (Å²) < 4.78 is 1.19. The summed E-state index contributed by atoms with van der Waals surface area (Å²) in [7, 11) is 2.11. The lowest BCUT2D eigenvalue weighted by Gasteiger charge is -2.33. The first-order valence-electron chi connectivity index (χ1n) is 7.10. The summed E-state index contributed by atoms with van der Waals surface area (Å²) in [4.78, 5) is 0. The van der Waals surface area contributed by atoms with Gasteiger partial charge < -0.3 is 5.32 Å². The fourth-order valence-corrected chi connectivity index (χ4v) is 3.72. The van der Waals surface area contributed by atoms with Crippen LogP contribution in [-0.2, 0) is 6.42 Å². The first kappa shape index (κ1) is 14.1. The van der Waals surface area contributed by atoms with Crippen molar-refractivity contribution in [1.82, 2.24) is 5.32 Å². The molecule has 1 N–H and O–H groups in total. The maximum Gasteiger partial charge on any atom is 0.0178 e. The summed E-state index contributed by atoms with van der Waals surface area (Å²) >= 11 is 3.56. The second-order valence-corrected chi connectivity index (χ2v) is 6.68. The van der Waals surface area contributed by atoms with Gasteiger partial charge in [0.05, 0.1) is 0 Å². The van der Waals surface area contributed by atoms with Crippen LogP contribution >= 0.6 is 15.9 Å². The lowest BCUT2D eigenvalue weighted by molar-refractivity contribution is 0.227. The van der Waals surface area contributed by atoms with Gasteiger partial charge in [-0.15, -0.1) is 0 Å². The zero-order valence-electron chi connectivity index (χ0n) is 11.5. The second-order valence-electron chi connectivity index (χ2n) is 5.76. The van der Waals surface area contributed by atoms with E-state index in [1.807, 2.05) is 0 Å². The zero-order chi connectivity index (χ0) is 13.0. The summed E-state index contributed by atoms with van der Waals surface area (Å²) in [6.45, 7) is 2.40. The van der Waals surface area contributed by atoms with Crippen LogP contribution in [-0.4, -0.2) is 13.1 Å². The molecule has 3 atom stereocenters. The summed E-state index contributed by atoms with van der Waals surface area (Å²) in [5.74, 6) is 1.75. The van der Waals surface area contributed by atoms with E-state index in [0.717, 1.165) is 18.3 Å². The Morgan fingerprint density at radius 3 is 2.89 bits per heavy atom. The van der Waals surface area contributed by atoms with Crippen molar-refractivity contribution in [3.05, 3.63) is 34.3 Å². The van der Waals surface area contributed by atoms with Crippen molar-refractivity contribution in [3.8, 4) is 0 Å². The van der Waals surface area contributed by atoms with Crippen LogP contribution in [0.3, 0.4) is 0 Å². The molecule has 0 radical (unpaired) electrons. The molecule has 2 rings (SSSR count). The molecule has 0 aromatic heterocycles. The highest BCUT2D eigenvalue weighted by Crippen LogP contribution is 2.32. The summed E-state index contributed by atoms with van der Waals surface area (Å²) in [6, 6.07) is 9.34. The average Bonchev–Trinajstić information content (AvgIpc) is 2.36. The zero-order valence-corrected chi connectivity index (χ0v) is 13.0. The predicted molar refractivity (Wildman–Crippen MR) is 81.8 cm³/mol. The Kier molecular flexibility index (Phi) is 5.25. The third-order valence-corrected chi connectivity index (χ3v) is 4.75. The van der Waals surface area contributed by atoms with E-state index in [2.05, 4.69) is 59.5 Å². The fourth-order valence-electron chi connectivity index (χ4n) is 3.27. The standard InChI is InChI=1S/C16H24BrN/c1-12-5-3-7-14(9-12)16(18-2)11-13-6-4-8-15(17)10-13/h4,6,8,10,12,14,16,18H,3,5,7,9,11H2,1-2H3. The van der Waals surface area contributed by atoms with Crippen molar-refractivity contribution < 1.29 is 0 Å². The fraction of sp³-hybridized carbons (Fsp3) is 0.625. The molecule has 0 spiro atoms. The normalized spacial score (nSPS) is 25.9. The van der Waals surface area contributed by atoms with E-state index in [1.54, 1.807) is 0 Å². The molecule has 18 heavy (non-hydrogen) atoms. The van der Waals surface area contributed by atoms with Crippen LogP contribution in [0.4, 0.5) is 0 Å². The van der Waals surface area contributed by atoms with Gasteiger partial charge in [-0.25, -0.2) is 0 Å². The first-order chi connectivity index (χ1) is 8.69. The highest BCUT2D eigenvalue weighted by Gasteiger charge is 2.25. The Bertz CT molecular complexity index is 377. The van der Waals surface area contributed by atoms with E-state index in [4.69, 9.17) is 0 Å². The van der Waals surface area contributed by atoms with Gasteiger partial charge in [0, 0.05) is 10.5 Å². The molecular formula is C16H24BrN. The topological polar surface area (TPSA) is 12.0 Å². The highest BCUT2D eigenvalue weighted by molar-refractivity contribution is 9.10. The van der Waals surface area contributed by atoms with Gasteiger partial charge in [0.1, 0.15) is 0 Å². The van der Waals surface area contributed by atoms with Crippen molar-refractivity contribution in [2.75, 3.05) is 7.05 Å². The molecule has 1 aliphatic rings. The van der Waals surface area contributed by atoms with Gasteiger partial charge in [-0.05, 0) is 55.8 Å². The van der Waals surface area contributed by atoms with Gasteiger partial charge in [-0.1, -0.05) is 47.8 Å². The molecule has 1 saturated carbocycles. The number of hydrogen-bond donors (Lipinski definition) is 1. The minimum Gasteiger partial charge on any atom is -0.316 e. The smallest absolute Gasteiger partial charge is 0.0178 e. The van der Waals surface area contributed by atoms with Gasteiger partial charge >= 0.3 is 0 Å². The summed E-state index contributed by atoms with van der Waals surface area (Å²) in [6.07, 6.45) is 6.75. The van der Waals surface area contributed by atoms with Crippen LogP contribution in [0.15, 0.2) is 28.7 Å². The number of halogens is 1. The number of rotatable bonds is 4. The molecule has 1 fully saturated rings. The Morgan fingerprint density at radius 2 is 2.22 bits per heavy atom. The van der Waals surface area contributed by atoms with Crippen LogP contribution < -0.4 is 5.32 Å². The maximum atomic E-state index is 3.56. The number of benzene rings is 1. The molecule has 1 aromatic rings. The Hall–Kier alpha value is -0.340. The van der Waals surface area contributed by atoms with E-state index in [9.17, 15) is 0 Å². The van der Waals surface area contributed by atoms with E-state index >= 15 is 0 Å². The van der Waals surface area contributed by atoms with Crippen molar-refractivity contribution in [2.24, 2.45) is 11.8 Å². The second kappa shape index (κ2) is 6.72. The molecule has 2 heteroatoms. The lowest BCUT2D eigenvalue weighted by atomic mass is 9.77. The molecular weight excluding hydrogens is 286 g/mol. The number of hydrogen-bond acceptors (Lipinski definition) is 1. The summed E-state index contributed by atoms with van der Waals surface area (Å²) in [5, 5.41) is 3.54. The predicted octanol–water partition coefficient (Wildman–Crippen LogP) is 4.41. The van der Waals surface area contributed by atoms with Crippen LogP contribution in [0.1, 0.15) is 38.2 Å². The molecule has 0 aliphatic heterocycles. The minimum atomic E-state index is 0.627. The van der Waals surface area contributed by atoms with E-state index in [0.29, 0.717) is 6.04 Å². The average molecular weight is 310 g/mol. The SMILES string of the molecule is CNC(Cc1cccc(Br)c1)C1CCCC(C)C1. The van der Waals surface area contributed by atoms with Gasteiger partial charge in [0.25, 0.3) is 0 Å². The van der Waals surface area contributed by atoms with Gasteiger partial charge in [0.15, 0.2) is 0 Å². The largest absolute Gasteiger partial charge is 0.316 e. The van der Waals surface area contributed by atoms with Gasteiger partial charge in [-0.3, -0.25) is 0 Å². The highest BCUT2D eigenvalue weighted by atomic mass is 79.9. The third-order valence-electron chi connectivity index (χ3n) is 4.26. The monoisotopic (exact) mass is 309 g/mol. The molecule has 0 saturated heterocycles.